The number of carbonyl (C=O) groups is 1. The lowest BCUT2D eigenvalue weighted by Crippen LogP contribution is -2.46. The third-order valence-electron chi connectivity index (χ3n) is 2.70. The van der Waals surface area contributed by atoms with Gasteiger partial charge in [0.05, 0.1) is 18.2 Å². The Morgan fingerprint density at radius 2 is 2.17 bits per heavy atom. The molecule has 0 saturated heterocycles. The molecule has 4 atom stereocenters. The predicted molar refractivity (Wildman–Crippen MR) is 61.4 cm³/mol. The number of esters is 1. The van der Waals surface area contributed by atoms with Crippen molar-refractivity contribution in [1.82, 2.24) is 0 Å². The fourth-order valence-corrected chi connectivity index (χ4v) is 1.47. The van der Waals surface area contributed by atoms with Crippen LogP contribution in [-0.4, -0.2) is 63.5 Å². The van der Waals surface area contributed by atoms with Gasteiger partial charge in [-0.05, 0) is 13.0 Å². The molecule has 1 aliphatic rings. The molecule has 0 aliphatic heterocycles. The monoisotopic (exact) mass is 261 g/mol. The van der Waals surface area contributed by atoms with Crippen LogP contribution >= 0.6 is 0 Å². The van der Waals surface area contributed by atoms with Gasteiger partial charge in [-0.25, -0.2) is 4.79 Å². The van der Waals surface area contributed by atoms with Gasteiger partial charge in [-0.1, -0.05) is 0 Å². The molecule has 7 nitrogen and oxygen atoms in total. The van der Waals surface area contributed by atoms with Gasteiger partial charge in [-0.3, -0.25) is 0 Å². The molecule has 6 N–H and O–H groups in total. The molecule has 0 radical (unpaired) electrons. The molecule has 0 bridgehead atoms. The normalized spacial score (nSPS) is 31.4. The first kappa shape index (κ1) is 15.1. The molecule has 0 aromatic carbocycles. The van der Waals surface area contributed by atoms with Gasteiger partial charge in [0, 0.05) is 12.0 Å². The maximum Gasteiger partial charge on any atom is 0.333 e. The highest BCUT2D eigenvalue weighted by molar-refractivity contribution is 5.89. The molecule has 0 aromatic heterocycles. The highest BCUT2D eigenvalue weighted by atomic mass is 16.5. The number of hydrogen-bond donors (Lipinski definition) is 5. The van der Waals surface area contributed by atoms with E-state index in [1.807, 2.05) is 0 Å². The molecule has 1 aliphatic carbocycles. The Morgan fingerprint density at radius 1 is 1.56 bits per heavy atom. The second-order valence-electron chi connectivity index (χ2n) is 4.83. The van der Waals surface area contributed by atoms with Crippen molar-refractivity contribution in [3.8, 4) is 0 Å². The zero-order chi connectivity index (χ0) is 13.9. The summed E-state index contributed by atoms with van der Waals surface area (Å²) in [6.07, 6.45) is -2.78. The van der Waals surface area contributed by atoms with E-state index in [1.165, 1.54) is 6.92 Å². The van der Waals surface area contributed by atoms with Crippen LogP contribution in [0, 0.1) is 0 Å². The lowest BCUT2D eigenvalue weighted by molar-refractivity contribution is -0.142. The van der Waals surface area contributed by atoms with E-state index in [4.69, 9.17) is 15.6 Å². The van der Waals surface area contributed by atoms with Crippen molar-refractivity contribution in [3.63, 3.8) is 0 Å². The highest BCUT2D eigenvalue weighted by Gasteiger charge is 2.32. The zero-order valence-corrected chi connectivity index (χ0v) is 10.1. The summed E-state index contributed by atoms with van der Waals surface area (Å²) in [5.41, 5.74) is 4.62. The Bertz CT molecular complexity index is 340. The minimum Gasteiger partial charge on any atom is -0.460 e. The summed E-state index contributed by atoms with van der Waals surface area (Å²) in [5, 5.41) is 37.0. The quantitative estimate of drug-likeness (QED) is 0.358. The maximum atomic E-state index is 11.6. The maximum absolute atomic E-state index is 11.6. The number of aliphatic hydroxyl groups is 4. The van der Waals surface area contributed by atoms with E-state index in [-0.39, 0.29) is 25.2 Å². The van der Waals surface area contributed by atoms with Gasteiger partial charge in [0.1, 0.15) is 18.8 Å². The van der Waals surface area contributed by atoms with E-state index < -0.39 is 29.8 Å². The number of aliphatic hydroxyl groups excluding tert-OH is 4. The average Bonchev–Trinajstić information content (AvgIpc) is 2.32. The molecule has 7 heteroatoms. The van der Waals surface area contributed by atoms with Crippen molar-refractivity contribution in [2.75, 3.05) is 13.2 Å². The van der Waals surface area contributed by atoms with Gasteiger partial charge >= 0.3 is 5.97 Å². The second-order valence-corrected chi connectivity index (χ2v) is 4.83. The summed E-state index contributed by atoms with van der Waals surface area (Å²) in [6.45, 7) is 0.987. The van der Waals surface area contributed by atoms with Crippen LogP contribution in [0.1, 0.15) is 13.3 Å². The zero-order valence-electron chi connectivity index (χ0n) is 10.1. The Kier molecular flexibility index (Phi) is 4.83. The Labute approximate surface area is 104 Å². The molecular formula is C11H19NO6. The third kappa shape index (κ3) is 3.76. The van der Waals surface area contributed by atoms with Crippen LogP contribution in [0.15, 0.2) is 11.6 Å². The fourth-order valence-electron chi connectivity index (χ4n) is 1.47. The van der Waals surface area contributed by atoms with Crippen LogP contribution < -0.4 is 5.73 Å². The lowest BCUT2D eigenvalue weighted by atomic mass is 9.92. The summed E-state index contributed by atoms with van der Waals surface area (Å²) < 4.78 is 4.87. The van der Waals surface area contributed by atoms with Gasteiger partial charge in [-0.2, -0.15) is 0 Å². The lowest BCUT2D eigenvalue weighted by Gasteiger charge is -2.27. The summed E-state index contributed by atoms with van der Waals surface area (Å²) in [7, 11) is 0. The molecule has 0 aromatic rings. The summed E-state index contributed by atoms with van der Waals surface area (Å²) >= 11 is 0. The van der Waals surface area contributed by atoms with Crippen LogP contribution in [0.25, 0.3) is 0 Å². The summed E-state index contributed by atoms with van der Waals surface area (Å²) in [6, 6.07) is 0. The smallest absolute Gasteiger partial charge is 0.333 e. The van der Waals surface area contributed by atoms with Crippen molar-refractivity contribution in [2.24, 2.45) is 5.73 Å². The summed E-state index contributed by atoms with van der Waals surface area (Å²) in [4.78, 5) is 11.6. The number of carbonyl (C=O) groups excluding carboxylic acids is 1. The minimum absolute atomic E-state index is 0.0778. The largest absolute Gasteiger partial charge is 0.460 e. The number of rotatable bonds is 4. The number of ether oxygens (including phenoxy) is 1. The molecule has 0 saturated carbocycles. The topological polar surface area (TPSA) is 133 Å². The molecule has 0 fully saturated rings. The Balaban J connectivity index is 2.60. The first-order chi connectivity index (χ1) is 8.26. The molecule has 18 heavy (non-hydrogen) atoms. The van der Waals surface area contributed by atoms with Gasteiger partial charge in [-0.15, -0.1) is 0 Å². The van der Waals surface area contributed by atoms with E-state index >= 15 is 0 Å². The van der Waals surface area contributed by atoms with Crippen molar-refractivity contribution < 1.29 is 30.0 Å². The van der Waals surface area contributed by atoms with Crippen molar-refractivity contribution in [2.45, 2.75) is 37.2 Å². The first-order valence-electron chi connectivity index (χ1n) is 5.58. The van der Waals surface area contributed by atoms with E-state index in [0.717, 1.165) is 6.08 Å². The number of hydrogen-bond acceptors (Lipinski definition) is 7. The Morgan fingerprint density at radius 3 is 2.67 bits per heavy atom. The van der Waals surface area contributed by atoms with Crippen LogP contribution in [0.2, 0.25) is 0 Å². The second kappa shape index (κ2) is 5.77. The van der Waals surface area contributed by atoms with Crippen molar-refractivity contribution >= 4 is 5.97 Å². The van der Waals surface area contributed by atoms with Gasteiger partial charge < -0.3 is 30.9 Å². The van der Waals surface area contributed by atoms with Crippen molar-refractivity contribution in [1.29, 1.82) is 0 Å². The molecule has 1 rings (SSSR count). The third-order valence-corrected chi connectivity index (χ3v) is 2.70. The predicted octanol–water partition coefficient (Wildman–Crippen LogP) is -2.35. The van der Waals surface area contributed by atoms with Gasteiger partial charge in [0.25, 0.3) is 0 Å². The standard InChI is InChI=1S/C11H19NO6/c1-11(12,4-13)5-18-10(17)6-2-7(14)9(16)8(15)3-6/h2,7-9,13-16H,3-5,12H2,1H3. The SMILES string of the molecule is CC(N)(CO)COC(=O)C1=CC(O)C(O)C(O)C1. The van der Waals surface area contributed by atoms with E-state index in [0.29, 0.717) is 0 Å². The average molecular weight is 261 g/mol. The van der Waals surface area contributed by atoms with Crippen molar-refractivity contribution in [3.05, 3.63) is 11.6 Å². The molecule has 0 amide bonds. The summed E-state index contributed by atoms with van der Waals surface area (Å²) in [5.74, 6) is -0.731. The van der Waals surface area contributed by atoms with Crippen LogP contribution in [0.4, 0.5) is 0 Å². The molecule has 0 spiro atoms. The minimum atomic E-state index is -1.31. The first-order valence-corrected chi connectivity index (χ1v) is 5.58. The molecule has 4 unspecified atom stereocenters. The molecule has 104 valence electrons. The number of nitrogens with two attached hydrogens (primary N) is 1. The van der Waals surface area contributed by atoms with Crippen LogP contribution in [0.3, 0.4) is 0 Å². The highest BCUT2D eigenvalue weighted by Crippen LogP contribution is 2.20. The fraction of sp³-hybridized carbons (Fsp3) is 0.727. The van der Waals surface area contributed by atoms with E-state index in [9.17, 15) is 20.1 Å². The molecule has 0 heterocycles. The van der Waals surface area contributed by atoms with Crippen LogP contribution in [-0.2, 0) is 9.53 Å². The van der Waals surface area contributed by atoms with Gasteiger partial charge in [0.15, 0.2) is 0 Å². The van der Waals surface area contributed by atoms with Gasteiger partial charge in [0.2, 0.25) is 0 Å². The van der Waals surface area contributed by atoms with E-state index in [2.05, 4.69) is 0 Å². The Hall–Kier alpha value is -0.990. The van der Waals surface area contributed by atoms with Crippen LogP contribution in [0.5, 0.6) is 0 Å². The molecular weight excluding hydrogens is 242 g/mol. The van der Waals surface area contributed by atoms with E-state index in [1.54, 1.807) is 0 Å².